The zero-order valence-corrected chi connectivity index (χ0v) is 28.7. The van der Waals surface area contributed by atoms with Crippen molar-refractivity contribution < 1.29 is 38.8 Å². The fourth-order valence-corrected chi connectivity index (χ4v) is 6.56. The van der Waals surface area contributed by atoms with Gasteiger partial charge in [0.1, 0.15) is 11.7 Å². The van der Waals surface area contributed by atoms with Crippen molar-refractivity contribution in [1.82, 2.24) is 9.80 Å². The summed E-state index contributed by atoms with van der Waals surface area (Å²) < 4.78 is 16.5. The smallest absolute Gasteiger partial charge is 0.410 e. The molecule has 1 saturated carbocycles. The predicted molar refractivity (Wildman–Crippen MR) is 177 cm³/mol. The molecule has 0 spiro atoms. The molecular weight excluding hydrogens is 588 g/mol. The van der Waals surface area contributed by atoms with Crippen molar-refractivity contribution in [3.05, 3.63) is 36.0 Å². The van der Waals surface area contributed by atoms with Crippen LogP contribution in [0.3, 0.4) is 0 Å². The molecule has 0 aromatic heterocycles. The summed E-state index contributed by atoms with van der Waals surface area (Å²) in [5.41, 5.74) is -0.665. The quantitative estimate of drug-likeness (QED) is 0.118. The van der Waals surface area contributed by atoms with Crippen molar-refractivity contribution in [3.63, 3.8) is 0 Å². The summed E-state index contributed by atoms with van der Waals surface area (Å²) in [4.78, 5) is 41.9. The van der Waals surface area contributed by atoms with Crippen LogP contribution in [0.15, 0.2) is 36.0 Å². The minimum absolute atomic E-state index is 0.134. The largest absolute Gasteiger partial charge is 0.469 e. The molecule has 2 N–H and O–H groups in total. The second-order valence-corrected chi connectivity index (χ2v) is 13.8. The Labute approximate surface area is 275 Å². The molecule has 2 heterocycles. The van der Waals surface area contributed by atoms with Gasteiger partial charge < -0.3 is 29.3 Å². The number of aliphatic hydroxyl groups is 2. The molecule has 0 bridgehead atoms. The van der Waals surface area contributed by atoms with Crippen LogP contribution in [0, 0.1) is 11.8 Å². The predicted octanol–water partition coefficient (Wildman–Crippen LogP) is 5.32. The fraction of sp³-hybridized carbons (Fsp3) is 0.750. The van der Waals surface area contributed by atoms with Crippen molar-refractivity contribution in [2.45, 2.75) is 128 Å². The van der Waals surface area contributed by atoms with Crippen LogP contribution in [0.1, 0.15) is 98.3 Å². The van der Waals surface area contributed by atoms with E-state index < -0.39 is 36.0 Å². The number of hydrogen-bond donors (Lipinski definition) is 2. The maximum absolute atomic E-state index is 13.4. The van der Waals surface area contributed by atoms with E-state index in [2.05, 4.69) is 4.90 Å². The van der Waals surface area contributed by atoms with Crippen LogP contribution in [0.2, 0.25) is 0 Å². The molecule has 1 saturated heterocycles. The molecule has 0 aromatic carbocycles. The molecular formula is C36H58N2O8. The van der Waals surface area contributed by atoms with Crippen LogP contribution in [0.4, 0.5) is 4.79 Å². The Morgan fingerprint density at radius 2 is 1.78 bits per heavy atom. The van der Waals surface area contributed by atoms with E-state index in [0.29, 0.717) is 32.0 Å². The Hall–Kier alpha value is -2.69. The van der Waals surface area contributed by atoms with Gasteiger partial charge in [-0.05, 0) is 63.5 Å². The van der Waals surface area contributed by atoms with E-state index in [0.717, 1.165) is 18.7 Å². The van der Waals surface area contributed by atoms with Crippen LogP contribution in [-0.4, -0.2) is 101 Å². The van der Waals surface area contributed by atoms with Crippen LogP contribution >= 0.6 is 0 Å². The minimum Gasteiger partial charge on any atom is -0.469 e. The van der Waals surface area contributed by atoms with Crippen molar-refractivity contribution in [2.24, 2.45) is 11.8 Å². The molecule has 1 aliphatic carbocycles. The molecule has 0 unspecified atom stereocenters. The first-order valence-corrected chi connectivity index (χ1v) is 17.3. The lowest BCUT2D eigenvalue weighted by Gasteiger charge is -2.40. The first-order valence-electron chi connectivity index (χ1n) is 17.3. The molecule has 0 aromatic rings. The Bertz CT molecular complexity index is 1070. The van der Waals surface area contributed by atoms with E-state index in [1.807, 2.05) is 45.1 Å². The highest BCUT2D eigenvalue weighted by atomic mass is 16.6. The van der Waals surface area contributed by atoms with Crippen LogP contribution < -0.4 is 0 Å². The Morgan fingerprint density at radius 1 is 1.11 bits per heavy atom. The maximum Gasteiger partial charge on any atom is 0.410 e. The van der Waals surface area contributed by atoms with Crippen LogP contribution in [0.25, 0.3) is 0 Å². The van der Waals surface area contributed by atoms with Gasteiger partial charge in [0.15, 0.2) is 6.10 Å². The zero-order chi connectivity index (χ0) is 33.7. The van der Waals surface area contributed by atoms with Crippen LogP contribution in [0.5, 0.6) is 0 Å². The van der Waals surface area contributed by atoms with Gasteiger partial charge in [-0.25, -0.2) is 4.79 Å². The van der Waals surface area contributed by atoms with E-state index in [4.69, 9.17) is 14.2 Å². The highest BCUT2D eigenvalue weighted by Gasteiger charge is 2.37. The maximum atomic E-state index is 13.4. The number of rotatable bonds is 8. The monoisotopic (exact) mass is 646 g/mol. The van der Waals surface area contributed by atoms with E-state index in [1.54, 1.807) is 17.9 Å². The summed E-state index contributed by atoms with van der Waals surface area (Å²) in [5.74, 6) is -0.938. The number of piperazine rings is 1. The number of esters is 2. The summed E-state index contributed by atoms with van der Waals surface area (Å²) in [6.07, 6.45) is 14.9. The lowest BCUT2D eigenvalue weighted by atomic mass is 9.88. The van der Waals surface area contributed by atoms with E-state index in [9.17, 15) is 24.6 Å². The van der Waals surface area contributed by atoms with Crippen molar-refractivity contribution in [3.8, 4) is 0 Å². The molecule has 10 heteroatoms. The zero-order valence-electron chi connectivity index (χ0n) is 28.7. The number of aliphatic hydroxyl groups excluding tert-OH is 1. The van der Waals surface area contributed by atoms with Gasteiger partial charge >= 0.3 is 18.0 Å². The number of cyclic esters (lactones) is 1. The molecule has 10 nitrogen and oxygen atoms in total. The summed E-state index contributed by atoms with van der Waals surface area (Å²) in [5, 5.41) is 22.1. The highest BCUT2D eigenvalue weighted by molar-refractivity contribution is 5.70. The second-order valence-electron chi connectivity index (χ2n) is 13.8. The van der Waals surface area contributed by atoms with Gasteiger partial charge in [-0.1, -0.05) is 63.8 Å². The topological polar surface area (TPSA) is 126 Å². The number of carbonyl (C=O) groups excluding carboxylic acids is 3. The molecule has 2 aliphatic heterocycles. The van der Waals surface area contributed by atoms with Gasteiger partial charge in [0.05, 0.1) is 19.6 Å². The molecule has 260 valence electrons. The first kappa shape index (κ1) is 37.8. The number of allylic oxidation sites excluding steroid dienone is 3. The number of amides is 1. The standard InChI is InChI=1S/C36H58N2O8/c1-26(15-18-32(40)44-5)11-10-12-27(2)34-28(3)16-17-31(36(4,43)20-19-30(39)25-33(41)46-34)45-35(42)38-23-21-37(22-24-38)29-13-8-6-7-9-14-29/h10-12,16-17,26,28-31,34,39,43H,6-9,13-15,18-25H2,1-5H3/b11-10+,17-16-,27-12+/t26-,28+,30-,31+,34-,36-/m1/s1. The number of methoxy groups -OCH3 is 1. The van der Waals surface area contributed by atoms with E-state index in [-0.39, 0.29) is 37.1 Å². The summed E-state index contributed by atoms with van der Waals surface area (Å²) >= 11 is 0. The molecule has 3 aliphatic rings. The van der Waals surface area contributed by atoms with Gasteiger partial charge in [-0.3, -0.25) is 14.5 Å². The summed E-state index contributed by atoms with van der Waals surface area (Å²) in [6, 6.07) is 0.591. The lowest BCUT2D eigenvalue weighted by molar-refractivity contribution is -0.151. The molecule has 1 amide bonds. The fourth-order valence-electron chi connectivity index (χ4n) is 6.56. The SMILES string of the molecule is COC(=O)CC[C@H](C)/C=C/C=C(\C)[C@H]1OC(=O)C[C@H](O)CC[C@@](C)(O)[C@@H](OC(=O)N2CCN(C3CCCCCC3)CC2)/C=C\[C@@H]1C. The van der Waals surface area contributed by atoms with Gasteiger partial charge in [0.2, 0.25) is 0 Å². The van der Waals surface area contributed by atoms with Gasteiger partial charge in [0.25, 0.3) is 0 Å². The number of ether oxygens (including phenoxy) is 3. The van der Waals surface area contributed by atoms with Crippen molar-refractivity contribution >= 4 is 18.0 Å². The highest BCUT2D eigenvalue weighted by Crippen LogP contribution is 2.28. The van der Waals surface area contributed by atoms with Crippen molar-refractivity contribution in [1.29, 1.82) is 0 Å². The van der Waals surface area contributed by atoms with Crippen molar-refractivity contribution in [2.75, 3.05) is 33.3 Å². The lowest BCUT2D eigenvalue weighted by Crippen LogP contribution is -2.53. The Morgan fingerprint density at radius 3 is 2.43 bits per heavy atom. The summed E-state index contributed by atoms with van der Waals surface area (Å²) in [7, 11) is 1.38. The average molecular weight is 647 g/mol. The van der Waals surface area contributed by atoms with E-state index >= 15 is 0 Å². The molecule has 6 atom stereocenters. The van der Waals surface area contributed by atoms with Gasteiger partial charge in [-0.2, -0.15) is 0 Å². The van der Waals surface area contributed by atoms with Gasteiger partial charge in [-0.15, -0.1) is 0 Å². The Balaban J connectivity index is 1.71. The third-order valence-corrected chi connectivity index (χ3v) is 9.74. The molecule has 2 fully saturated rings. The molecule has 3 rings (SSSR count). The number of nitrogens with zero attached hydrogens (tertiary/aromatic N) is 2. The second kappa shape index (κ2) is 18.6. The summed E-state index contributed by atoms with van der Waals surface area (Å²) in [6.45, 7) is 10.2. The third kappa shape index (κ3) is 12.2. The molecule has 0 radical (unpaired) electrons. The minimum atomic E-state index is -1.46. The normalized spacial score (nSPS) is 31.2. The van der Waals surface area contributed by atoms with Crippen LogP contribution in [-0.2, 0) is 23.8 Å². The number of hydrogen-bond acceptors (Lipinski definition) is 9. The van der Waals surface area contributed by atoms with Gasteiger partial charge in [0, 0.05) is 44.6 Å². The van der Waals surface area contributed by atoms with E-state index in [1.165, 1.54) is 45.6 Å². The average Bonchev–Trinajstić information content (AvgIpc) is 3.32. The first-order chi connectivity index (χ1) is 21.9. The molecule has 46 heavy (non-hydrogen) atoms. The Kier molecular flexibility index (Phi) is 15.3. The third-order valence-electron chi connectivity index (χ3n) is 9.74. The number of carbonyl (C=O) groups is 3.